The Labute approximate surface area is 317 Å². The van der Waals surface area contributed by atoms with Crippen LogP contribution in [0.2, 0.25) is 0 Å². The number of phenols is 4. The summed E-state index contributed by atoms with van der Waals surface area (Å²) in [5.41, 5.74) is 0.590. The molecular weight excluding hydrogens is 753 g/mol. The second-order valence-corrected chi connectivity index (χ2v) is 14.6. The first-order valence-electron chi connectivity index (χ1n) is 15.6. The molecule has 0 amide bonds. The number of hydrogen-bond donors (Lipinski definition) is 4. The summed E-state index contributed by atoms with van der Waals surface area (Å²) in [5, 5.41) is 46.1. The molecule has 0 saturated heterocycles. The summed E-state index contributed by atoms with van der Waals surface area (Å²) in [6.07, 6.45) is 0. The third-order valence-electron chi connectivity index (χ3n) is 7.31. The van der Waals surface area contributed by atoms with Gasteiger partial charge in [0.2, 0.25) is 0 Å². The van der Waals surface area contributed by atoms with Gasteiger partial charge in [-0.1, -0.05) is 0 Å². The molecule has 4 aromatic rings. The Hall–Kier alpha value is -4.38. The summed E-state index contributed by atoms with van der Waals surface area (Å²) >= 11 is 2.14. The van der Waals surface area contributed by atoms with Crippen LogP contribution in [-0.2, 0) is 19.1 Å². The molecule has 0 aliphatic rings. The van der Waals surface area contributed by atoms with Gasteiger partial charge >= 0.3 is 11.9 Å². The molecule has 4 rings (SSSR count). The zero-order valence-corrected chi connectivity index (χ0v) is 32.4. The van der Waals surface area contributed by atoms with Crippen molar-refractivity contribution >= 4 is 57.1 Å². The van der Waals surface area contributed by atoms with E-state index in [9.17, 15) is 30.0 Å². The molecule has 278 valence electrons. The van der Waals surface area contributed by atoms with Crippen molar-refractivity contribution in [1.29, 1.82) is 0 Å². The molecule has 4 N–H and O–H groups in total. The van der Waals surface area contributed by atoms with Gasteiger partial charge in [-0.3, -0.25) is 9.59 Å². The van der Waals surface area contributed by atoms with Crippen molar-refractivity contribution in [3.8, 4) is 68.2 Å². The number of carbonyl (C=O) groups excluding carboxylic acids is 2. The van der Waals surface area contributed by atoms with Crippen LogP contribution in [0.4, 0.5) is 0 Å². The average molecular weight is 791 g/mol. The van der Waals surface area contributed by atoms with Gasteiger partial charge in [0.25, 0.3) is 0 Å². The maximum absolute atomic E-state index is 12.0. The number of aromatic hydroxyl groups is 4. The van der Waals surface area contributed by atoms with Gasteiger partial charge in [-0.25, -0.2) is 0 Å². The number of thioether (sulfide) groups is 2. The Morgan fingerprint density at radius 2 is 0.750 bits per heavy atom. The highest BCUT2D eigenvalue weighted by atomic mass is 33.1. The molecule has 0 atom stereocenters. The number of benzene rings is 4. The van der Waals surface area contributed by atoms with Crippen LogP contribution < -0.4 is 18.9 Å². The predicted octanol–water partition coefficient (Wildman–Crippen LogP) is 7.99. The van der Waals surface area contributed by atoms with Crippen LogP contribution in [0.15, 0.2) is 68.1 Å². The lowest BCUT2D eigenvalue weighted by Gasteiger charge is -2.19. The summed E-state index contributed by atoms with van der Waals surface area (Å²) in [6.45, 7) is 3.86. The molecule has 0 radical (unpaired) electrons. The van der Waals surface area contributed by atoms with Crippen LogP contribution in [0, 0.1) is 0 Å². The Balaban J connectivity index is 1.74. The molecule has 16 heteroatoms. The minimum atomic E-state index is -0.445. The maximum Gasteiger partial charge on any atom is 0.316 e. The fourth-order valence-corrected chi connectivity index (χ4v) is 8.65. The first-order valence-corrected chi connectivity index (χ1v) is 19.7. The predicted molar refractivity (Wildman–Crippen MR) is 203 cm³/mol. The number of rotatable bonds is 17. The van der Waals surface area contributed by atoms with Crippen molar-refractivity contribution in [2.75, 3.05) is 53.2 Å². The van der Waals surface area contributed by atoms with Crippen molar-refractivity contribution in [3.63, 3.8) is 0 Å². The molecule has 0 unspecified atom stereocenters. The standard InChI is InChI=1S/C36H38O12S4/c1-7-47-27(37)17-49-23-13-9-19(43-3)29(33(23)39)31-21(45-5)11-15-25(35(31)41)51-52-26-16-12-22(46-6)32(36(26)42)30-20(44-4)10-14-24(34(30)40)50-18-28(38)48-8-2/h9-16,39-42H,7-8,17-18H2,1-6H3. The minimum Gasteiger partial charge on any atom is -0.506 e. The van der Waals surface area contributed by atoms with Crippen LogP contribution in [0.1, 0.15) is 13.8 Å². The Kier molecular flexibility index (Phi) is 14.7. The molecule has 0 aromatic heterocycles. The van der Waals surface area contributed by atoms with Crippen LogP contribution in [0.25, 0.3) is 22.3 Å². The summed E-state index contributed by atoms with van der Waals surface area (Å²) in [6, 6.07) is 12.9. The van der Waals surface area contributed by atoms with Gasteiger partial charge in [-0.05, 0) is 84.0 Å². The fraction of sp³-hybridized carbons (Fsp3) is 0.278. The lowest BCUT2D eigenvalue weighted by Crippen LogP contribution is -2.06. The minimum absolute atomic E-state index is 0.0451. The Morgan fingerprint density at radius 3 is 1.02 bits per heavy atom. The smallest absolute Gasteiger partial charge is 0.316 e. The SMILES string of the molecule is CCOC(=O)CSc1ccc(OC)c(-c2c(OC)ccc(SSc3ccc(OC)c(-c4c(OC)ccc(SCC(=O)OCC)c4O)c3O)c2O)c1O. The van der Waals surface area contributed by atoms with Crippen molar-refractivity contribution in [2.45, 2.75) is 33.4 Å². The first-order chi connectivity index (χ1) is 25.0. The van der Waals surface area contributed by atoms with Gasteiger partial charge in [0.15, 0.2) is 0 Å². The molecular formula is C36H38O12S4. The van der Waals surface area contributed by atoms with E-state index in [2.05, 4.69) is 0 Å². The van der Waals surface area contributed by atoms with E-state index in [4.69, 9.17) is 28.4 Å². The van der Waals surface area contributed by atoms with E-state index >= 15 is 0 Å². The topological polar surface area (TPSA) is 170 Å². The number of phenolic OH excluding ortho intramolecular Hbond substituents is 4. The van der Waals surface area contributed by atoms with E-state index in [1.807, 2.05) is 0 Å². The third kappa shape index (κ3) is 8.97. The second-order valence-electron chi connectivity index (χ2n) is 10.3. The molecule has 0 spiro atoms. The van der Waals surface area contributed by atoms with Gasteiger partial charge in [-0.15, -0.1) is 23.5 Å². The highest BCUT2D eigenvalue weighted by Gasteiger charge is 2.27. The molecule has 0 aliphatic carbocycles. The first kappa shape index (κ1) is 40.4. The quantitative estimate of drug-likeness (QED) is 0.0461. The van der Waals surface area contributed by atoms with Crippen LogP contribution >= 0.6 is 45.1 Å². The zero-order valence-electron chi connectivity index (χ0n) is 29.1. The average Bonchev–Trinajstić information content (AvgIpc) is 3.14. The number of ether oxygens (including phenoxy) is 6. The molecule has 0 heterocycles. The number of hydrogen-bond acceptors (Lipinski definition) is 16. The van der Waals surface area contributed by atoms with Gasteiger partial charge in [0, 0.05) is 0 Å². The van der Waals surface area contributed by atoms with Crippen molar-refractivity contribution in [1.82, 2.24) is 0 Å². The third-order valence-corrected chi connectivity index (χ3v) is 11.8. The van der Waals surface area contributed by atoms with Crippen LogP contribution in [0.3, 0.4) is 0 Å². The summed E-state index contributed by atoms with van der Waals surface area (Å²) in [4.78, 5) is 25.4. The van der Waals surface area contributed by atoms with Crippen LogP contribution in [-0.4, -0.2) is 85.5 Å². The summed E-state index contributed by atoms with van der Waals surface area (Å²) < 4.78 is 32.3. The lowest BCUT2D eigenvalue weighted by molar-refractivity contribution is -0.140. The summed E-state index contributed by atoms with van der Waals surface area (Å²) in [7, 11) is 7.91. The highest BCUT2D eigenvalue weighted by Crippen LogP contribution is 2.57. The molecule has 0 saturated carbocycles. The van der Waals surface area contributed by atoms with Crippen LogP contribution in [0.5, 0.6) is 46.0 Å². The van der Waals surface area contributed by atoms with E-state index < -0.39 is 11.9 Å². The molecule has 12 nitrogen and oxygen atoms in total. The van der Waals surface area contributed by atoms with Gasteiger partial charge in [-0.2, -0.15) is 0 Å². The number of esters is 2. The fourth-order valence-electron chi connectivity index (χ4n) is 5.00. The van der Waals surface area contributed by atoms with Crippen molar-refractivity contribution in [3.05, 3.63) is 48.5 Å². The van der Waals surface area contributed by atoms with E-state index in [-0.39, 0.29) is 93.0 Å². The Morgan fingerprint density at radius 1 is 0.481 bits per heavy atom. The molecule has 0 aliphatic heterocycles. The molecule has 4 aromatic carbocycles. The van der Waals surface area contributed by atoms with E-state index in [0.717, 1.165) is 45.1 Å². The number of carbonyl (C=O) groups is 2. The van der Waals surface area contributed by atoms with E-state index in [0.29, 0.717) is 19.6 Å². The molecule has 52 heavy (non-hydrogen) atoms. The lowest BCUT2D eigenvalue weighted by atomic mass is 10.0. The molecule has 0 bridgehead atoms. The highest BCUT2D eigenvalue weighted by molar-refractivity contribution is 8.76. The largest absolute Gasteiger partial charge is 0.506 e. The Bertz CT molecular complexity index is 1780. The summed E-state index contributed by atoms with van der Waals surface area (Å²) in [5.74, 6) is -0.945. The number of methoxy groups -OCH3 is 4. The normalized spacial score (nSPS) is 10.8. The van der Waals surface area contributed by atoms with Gasteiger partial charge < -0.3 is 48.8 Å². The monoisotopic (exact) mass is 790 g/mol. The van der Waals surface area contributed by atoms with Crippen molar-refractivity contribution < 1.29 is 58.4 Å². The van der Waals surface area contributed by atoms with E-state index in [1.54, 1.807) is 62.4 Å². The van der Waals surface area contributed by atoms with Crippen molar-refractivity contribution in [2.24, 2.45) is 0 Å². The zero-order chi connectivity index (χ0) is 37.9. The molecule has 0 fully saturated rings. The van der Waals surface area contributed by atoms with Gasteiger partial charge in [0.1, 0.15) is 46.0 Å². The maximum atomic E-state index is 12.0. The second kappa shape index (κ2) is 18.9. The van der Waals surface area contributed by atoms with Gasteiger partial charge in [0.05, 0.1) is 95.0 Å². The van der Waals surface area contributed by atoms with E-state index in [1.165, 1.54) is 28.4 Å².